The number of nitrogens with zero attached hydrogens (tertiary/aromatic N) is 1. The van der Waals surface area contributed by atoms with Crippen molar-refractivity contribution in [1.29, 1.82) is 0 Å². The molecule has 0 amide bonds. The second-order valence-electron chi connectivity index (χ2n) is 8.86. The lowest BCUT2D eigenvalue weighted by atomic mass is 9.86. The van der Waals surface area contributed by atoms with Crippen molar-refractivity contribution in [2.45, 2.75) is 72.4 Å². The predicted molar refractivity (Wildman–Crippen MR) is 104 cm³/mol. The molecular weight excluding hydrogens is 310 g/mol. The Morgan fingerprint density at radius 2 is 1.64 bits per heavy atom. The molecule has 3 heteroatoms. The van der Waals surface area contributed by atoms with E-state index in [1.54, 1.807) is 0 Å². The third-order valence-electron chi connectivity index (χ3n) is 5.89. The molecule has 1 unspecified atom stereocenters. The molecule has 25 heavy (non-hydrogen) atoms. The molecule has 0 saturated heterocycles. The van der Waals surface area contributed by atoms with E-state index in [9.17, 15) is 4.79 Å². The highest BCUT2D eigenvalue weighted by atomic mass is 16.5. The average Bonchev–Trinajstić information content (AvgIpc) is 2.45. The van der Waals surface area contributed by atoms with Gasteiger partial charge in [0.2, 0.25) is 0 Å². The molecule has 1 atom stereocenters. The number of ether oxygens (including phenoxy) is 1. The summed E-state index contributed by atoms with van der Waals surface area (Å²) in [5.41, 5.74) is 3.92. The first kappa shape index (κ1) is 20.0. The predicted octanol–water partition coefficient (Wildman–Crippen LogP) is 4.81. The minimum atomic E-state index is -0.181. The largest absolute Gasteiger partial charge is 0.453 e. The van der Waals surface area contributed by atoms with Crippen molar-refractivity contribution in [2.75, 3.05) is 20.6 Å². The molecule has 1 aromatic rings. The van der Waals surface area contributed by atoms with Gasteiger partial charge < -0.3 is 9.22 Å². The Morgan fingerprint density at radius 3 is 2.16 bits per heavy atom. The fourth-order valence-electron chi connectivity index (χ4n) is 4.53. The van der Waals surface area contributed by atoms with Gasteiger partial charge in [0.1, 0.15) is 12.6 Å². The monoisotopic (exact) mass is 346 g/mol. The molecule has 2 rings (SSSR count). The first-order chi connectivity index (χ1) is 11.6. The van der Waals surface area contributed by atoms with Gasteiger partial charge in [-0.1, -0.05) is 24.6 Å². The summed E-state index contributed by atoms with van der Waals surface area (Å²) >= 11 is 0. The van der Waals surface area contributed by atoms with Crippen LogP contribution < -0.4 is 0 Å². The number of carbonyl (C=O) groups is 1. The maximum atomic E-state index is 12.7. The minimum absolute atomic E-state index is 0.0815. The Bertz CT molecular complexity index is 589. The van der Waals surface area contributed by atoms with Crippen molar-refractivity contribution in [3.05, 3.63) is 34.4 Å². The number of hydrogen-bond acceptors (Lipinski definition) is 2. The van der Waals surface area contributed by atoms with Crippen LogP contribution in [0, 0.1) is 26.7 Å². The summed E-state index contributed by atoms with van der Waals surface area (Å²) < 4.78 is 6.77. The van der Waals surface area contributed by atoms with E-state index >= 15 is 0 Å². The van der Waals surface area contributed by atoms with E-state index in [1.807, 2.05) is 20.8 Å². The lowest BCUT2D eigenvalue weighted by molar-refractivity contribution is -0.919. The zero-order valence-electron chi connectivity index (χ0n) is 17.2. The number of aryl methyl sites for hydroxylation is 3. The molecule has 1 saturated carbocycles. The van der Waals surface area contributed by atoms with Gasteiger partial charge in [-0.2, -0.15) is 0 Å². The van der Waals surface area contributed by atoms with Crippen LogP contribution in [0.4, 0.5) is 0 Å². The van der Waals surface area contributed by atoms with Crippen molar-refractivity contribution in [3.8, 4) is 0 Å². The summed E-state index contributed by atoms with van der Waals surface area (Å²) in [7, 11) is 4.57. The number of esters is 1. The quantitative estimate of drug-likeness (QED) is 0.565. The standard InChI is InChI=1S/C22H36NO2/c1-15-8-10-20(11-9-15)23(6,7)14-19(5)25-22(24)21-17(3)12-16(2)13-18(21)4/h12-13,15,19-20H,8-11,14H2,1-7H3/q+1. The molecule has 1 aliphatic carbocycles. The molecule has 140 valence electrons. The van der Waals surface area contributed by atoms with Crippen LogP contribution in [-0.2, 0) is 4.74 Å². The van der Waals surface area contributed by atoms with E-state index in [1.165, 1.54) is 31.2 Å². The van der Waals surface area contributed by atoms with Crippen molar-refractivity contribution < 1.29 is 14.0 Å². The van der Waals surface area contributed by atoms with Crippen molar-refractivity contribution in [3.63, 3.8) is 0 Å². The summed E-state index contributed by atoms with van der Waals surface area (Å²) in [5.74, 6) is 0.679. The molecule has 1 aliphatic rings. The van der Waals surface area contributed by atoms with Crippen LogP contribution in [0.3, 0.4) is 0 Å². The van der Waals surface area contributed by atoms with Crippen LogP contribution in [0.2, 0.25) is 0 Å². The molecule has 0 aromatic heterocycles. The second-order valence-corrected chi connectivity index (χ2v) is 8.86. The van der Waals surface area contributed by atoms with Gasteiger partial charge in [-0.25, -0.2) is 4.79 Å². The molecule has 0 spiro atoms. The van der Waals surface area contributed by atoms with Gasteiger partial charge >= 0.3 is 5.97 Å². The average molecular weight is 347 g/mol. The number of benzene rings is 1. The smallest absolute Gasteiger partial charge is 0.339 e. The molecule has 3 nitrogen and oxygen atoms in total. The Labute approximate surface area is 154 Å². The highest BCUT2D eigenvalue weighted by molar-refractivity contribution is 5.92. The van der Waals surface area contributed by atoms with Gasteiger partial charge in [-0.3, -0.25) is 0 Å². The highest BCUT2D eigenvalue weighted by Crippen LogP contribution is 2.30. The number of hydrogen-bond donors (Lipinski definition) is 0. The van der Waals surface area contributed by atoms with Crippen LogP contribution >= 0.6 is 0 Å². The molecule has 0 N–H and O–H groups in total. The van der Waals surface area contributed by atoms with E-state index in [-0.39, 0.29) is 12.1 Å². The Hall–Kier alpha value is -1.35. The fourth-order valence-corrected chi connectivity index (χ4v) is 4.53. The first-order valence-electron chi connectivity index (χ1n) is 9.71. The molecule has 1 fully saturated rings. The number of likely N-dealkylation sites (N-methyl/N-ethyl adjacent to an activating group) is 1. The molecular formula is C22H36NO2+. The molecule has 0 aliphatic heterocycles. The normalized spacial score (nSPS) is 22.5. The Morgan fingerprint density at radius 1 is 1.12 bits per heavy atom. The first-order valence-corrected chi connectivity index (χ1v) is 9.71. The number of quaternary nitrogens is 1. The van der Waals surface area contributed by atoms with Crippen LogP contribution in [0.15, 0.2) is 12.1 Å². The summed E-state index contributed by atoms with van der Waals surface area (Å²) in [6, 6.07) is 4.79. The topological polar surface area (TPSA) is 26.3 Å². The zero-order valence-corrected chi connectivity index (χ0v) is 17.2. The van der Waals surface area contributed by atoms with Crippen LogP contribution in [0.5, 0.6) is 0 Å². The van der Waals surface area contributed by atoms with E-state index in [4.69, 9.17) is 4.74 Å². The second kappa shape index (κ2) is 7.90. The summed E-state index contributed by atoms with van der Waals surface area (Å²) in [6.07, 6.45) is 5.13. The van der Waals surface area contributed by atoms with Crippen LogP contribution in [0.25, 0.3) is 0 Å². The van der Waals surface area contributed by atoms with Crippen molar-refractivity contribution >= 4 is 5.97 Å². The van der Waals surface area contributed by atoms with Gasteiger partial charge in [0.05, 0.1) is 25.7 Å². The van der Waals surface area contributed by atoms with E-state index in [0.29, 0.717) is 6.04 Å². The van der Waals surface area contributed by atoms with E-state index in [2.05, 4.69) is 40.1 Å². The summed E-state index contributed by atoms with van der Waals surface area (Å²) in [5, 5.41) is 0. The molecule has 1 aromatic carbocycles. The Balaban J connectivity index is 1.99. The third kappa shape index (κ3) is 5.07. The summed E-state index contributed by atoms with van der Waals surface area (Å²) in [6.45, 7) is 11.3. The SMILES string of the molecule is Cc1cc(C)c(C(=O)OC(C)C[N+](C)(C)C2CCC(C)CC2)c(C)c1. The number of rotatable bonds is 5. The lowest BCUT2D eigenvalue weighted by Crippen LogP contribution is -2.53. The van der Waals surface area contributed by atoms with Gasteiger partial charge in [-0.05, 0) is 70.4 Å². The number of carbonyl (C=O) groups excluding carboxylic acids is 1. The van der Waals surface area contributed by atoms with Crippen molar-refractivity contribution in [1.82, 2.24) is 0 Å². The highest BCUT2D eigenvalue weighted by Gasteiger charge is 2.34. The maximum Gasteiger partial charge on any atom is 0.339 e. The van der Waals surface area contributed by atoms with Gasteiger partial charge in [-0.15, -0.1) is 0 Å². The maximum absolute atomic E-state index is 12.7. The third-order valence-corrected chi connectivity index (χ3v) is 5.89. The van der Waals surface area contributed by atoms with Crippen molar-refractivity contribution in [2.24, 2.45) is 5.92 Å². The van der Waals surface area contributed by atoms with E-state index in [0.717, 1.165) is 33.6 Å². The van der Waals surface area contributed by atoms with Gasteiger partial charge in [0, 0.05) is 0 Å². The Kier molecular flexibility index (Phi) is 6.31. The van der Waals surface area contributed by atoms with Gasteiger partial charge in [0.15, 0.2) is 0 Å². The minimum Gasteiger partial charge on any atom is -0.453 e. The van der Waals surface area contributed by atoms with E-state index < -0.39 is 0 Å². The lowest BCUT2D eigenvalue weighted by Gasteiger charge is -2.42. The molecule has 0 radical (unpaired) electrons. The van der Waals surface area contributed by atoms with Crippen LogP contribution in [0.1, 0.15) is 66.6 Å². The molecule has 0 bridgehead atoms. The van der Waals surface area contributed by atoms with Crippen LogP contribution in [-0.4, -0.2) is 43.2 Å². The fraction of sp³-hybridized carbons (Fsp3) is 0.682. The van der Waals surface area contributed by atoms with Gasteiger partial charge in [0.25, 0.3) is 0 Å². The summed E-state index contributed by atoms with van der Waals surface area (Å²) in [4.78, 5) is 12.7. The zero-order chi connectivity index (χ0) is 18.8. The molecule has 0 heterocycles.